The molecule has 0 spiro atoms. The van der Waals surface area contributed by atoms with E-state index in [2.05, 4.69) is 21.4 Å². The number of nitrogens with one attached hydrogen (secondary N) is 1. The molecule has 1 N–H and O–H groups in total. The van der Waals surface area contributed by atoms with Gasteiger partial charge in [-0.25, -0.2) is 9.97 Å². The van der Waals surface area contributed by atoms with E-state index in [4.69, 9.17) is 0 Å². The maximum absolute atomic E-state index is 12.4. The zero-order chi connectivity index (χ0) is 14.8. The summed E-state index contributed by atoms with van der Waals surface area (Å²) in [6.07, 6.45) is 1.68. The normalized spacial score (nSPS) is 17.8. The quantitative estimate of drug-likeness (QED) is 0.866. The molecule has 1 atom stereocenters. The number of nitrogens with zero attached hydrogens (tertiary/aromatic N) is 2. The molecule has 0 aliphatic carbocycles. The third-order valence-electron chi connectivity index (χ3n) is 3.45. The third kappa shape index (κ3) is 3.24. The summed E-state index contributed by atoms with van der Waals surface area (Å²) in [5.41, 5.74) is 3.98. The minimum absolute atomic E-state index is 0.0349. The van der Waals surface area contributed by atoms with Crippen LogP contribution in [0.2, 0.25) is 0 Å². The fourth-order valence-corrected chi connectivity index (χ4v) is 3.53. The summed E-state index contributed by atoms with van der Waals surface area (Å²) in [5.74, 6) is 0.0349. The highest BCUT2D eigenvalue weighted by atomic mass is 32.2. The summed E-state index contributed by atoms with van der Waals surface area (Å²) in [6.45, 7) is 3.89. The minimum Gasteiger partial charge on any atom is -0.325 e. The first-order valence-electron chi connectivity index (χ1n) is 6.99. The first-order valence-corrected chi connectivity index (χ1v) is 7.87. The van der Waals surface area contributed by atoms with Crippen LogP contribution in [0, 0.1) is 13.8 Å². The Morgan fingerprint density at radius 1 is 1.19 bits per heavy atom. The average molecular weight is 299 g/mol. The van der Waals surface area contributed by atoms with E-state index >= 15 is 0 Å². The lowest BCUT2D eigenvalue weighted by Crippen LogP contribution is -2.23. The summed E-state index contributed by atoms with van der Waals surface area (Å²) < 4.78 is 0. The molecule has 3 rings (SSSR count). The Balaban J connectivity index is 1.79. The first kappa shape index (κ1) is 14.1. The van der Waals surface area contributed by atoms with Gasteiger partial charge in [0.15, 0.2) is 5.16 Å². The summed E-state index contributed by atoms with van der Waals surface area (Å²) in [4.78, 5) is 21.2. The van der Waals surface area contributed by atoms with E-state index in [1.807, 2.05) is 38.1 Å². The molecule has 1 aliphatic rings. The van der Waals surface area contributed by atoms with E-state index in [9.17, 15) is 4.79 Å². The third-order valence-corrected chi connectivity index (χ3v) is 4.58. The molecule has 0 saturated heterocycles. The van der Waals surface area contributed by atoms with Gasteiger partial charge in [0.05, 0.1) is 5.25 Å². The number of hydrogen-bond donors (Lipinski definition) is 1. The van der Waals surface area contributed by atoms with Gasteiger partial charge < -0.3 is 5.32 Å². The van der Waals surface area contributed by atoms with Gasteiger partial charge in [-0.2, -0.15) is 0 Å². The van der Waals surface area contributed by atoms with Crippen LogP contribution in [-0.4, -0.2) is 21.1 Å². The van der Waals surface area contributed by atoms with Crippen molar-refractivity contribution in [2.45, 2.75) is 37.1 Å². The second-order valence-electron chi connectivity index (χ2n) is 5.22. The number of aryl methyl sites for hydroxylation is 3. The Hall–Kier alpha value is -1.88. The lowest BCUT2D eigenvalue weighted by Gasteiger charge is -2.12. The highest BCUT2D eigenvalue weighted by Crippen LogP contribution is 2.30. The summed E-state index contributed by atoms with van der Waals surface area (Å²) in [6, 6.07) is 9.90. The Labute approximate surface area is 128 Å². The van der Waals surface area contributed by atoms with Crippen LogP contribution in [0.25, 0.3) is 0 Å². The Morgan fingerprint density at radius 2 is 1.90 bits per heavy atom. The molecule has 0 radical (unpaired) electrons. The molecule has 1 amide bonds. The number of benzene rings is 1. The van der Waals surface area contributed by atoms with Crippen molar-refractivity contribution in [1.82, 2.24) is 9.97 Å². The van der Waals surface area contributed by atoms with Crippen molar-refractivity contribution >= 4 is 23.4 Å². The largest absolute Gasteiger partial charge is 0.325 e. The molecule has 0 bridgehead atoms. The van der Waals surface area contributed by atoms with Crippen LogP contribution < -0.4 is 5.32 Å². The topological polar surface area (TPSA) is 54.9 Å². The fraction of sp³-hybridized carbons (Fsp3) is 0.312. The SMILES string of the molecule is Cc1cc(C)nc(S[C@H]2CCc3ccccc3NC2=O)n1. The van der Waals surface area contributed by atoms with E-state index in [1.54, 1.807) is 0 Å². The smallest absolute Gasteiger partial charge is 0.237 e. The van der Waals surface area contributed by atoms with Gasteiger partial charge in [-0.05, 0) is 44.4 Å². The van der Waals surface area contributed by atoms with Gasteiger partial charge in [0, 0.05) is 17.1 Å². The number of amides is 1. The number of aromatic nitrogens is 2. The van der Waals surface area contributed by atoms with Crippen molar-refractivity contribution in [3.05, 3.63) is 47.3 Å². The number of carbonyl (C=O) groups excluding carboxylic acids is 1. The van der Waals surface area contributed by atoms with Crippen molar-refractivity contribution in [2.24, 2.45) is 0 Å². The number of para-hydroxylation sites is 1. The molecule has 21 heavy (non-hydrogen) atoms. The van der Waals surface area contributed by atoms with Crippen LogP contribution in [0.5, 0.6) is 0 Å². The van der Waals surface area contributed by atoms with Crippen LogP contribution in [0.4, 0.5) is 5.69 Å². The van der Waals surface area contributed by atoms with Gasteiger partial charge in [-0.15, -0.1) is 0 Å². The van der Waals surface area contributed by atoms with Crippen LogP contribution in [0.3, 0.4) is 0 Å². The number of carbonyl (C=O) groups is 1. The Bertz CT molecular complexity index is 667. The van der Waals surface area contributed by atoms with Crippen LogP contribution in [-0.2, 0) is 11.2 Å². The Kier molecular flexibility index (Phi) is 3.92. The van der Waals surface area contributed by atoms with Crippen LogP contribution >= 0.6 is 11.8 Å². The molecular weight excluding hydrogens is 282 g/mol. The van der Waals surface area contributed by atoms with Gasteiger partial charge in [0.1, 0.15) is 0 Å². The molecule has 0 unspecified atom stereocenters. The molecule has 1 aliphatic heterocycles. The maximum Gasteiger partial charge on any atom is 0.237 e. The highest BCUT2D eigenvalue weighted by Gasteiger charge is 2.25. The fourth-order valence-electron chi connectivity index (χ4n) is 2.48. The summed E-state index contributed by atoms with van der Waals surface area (Å²) >= 11 is 1.45. The number of thioether (sulfide) groups is 1. The predicted octanol–water partition coefficient (Wildman–Crippen LogP) is 3.14. The van der Waals surface area contributed by atoms with E-state index in [1.165, 1.54) is 17.3 Å². The van der Waals surface area contributed by atoms with Crippen LogP contribution in [0.15, 0.2) is 35.5 Å². The second-order valence-corrected chi connectivity index (χ2v) is 6.39. The van der Waals surface area contributed by atoms with E-state index in [0.717, 1.165) is 29.9 Å². The molecule has 1 aromatic carbocycles. The monoisotopic (exact) mass is 299 g/mol. The van der Waals surface area contributed by atoms with Crippen molar-refractivity contribution in [2.75, 3.05) is 5.32 Å². The lowest BCUT2D eigenvalue weighted by molar-refractivity contribution is -0.115. The van der Waals surface area contributed by atoms with Crippen molar-refractivity contribution in [3.8, 4) is 0 Å². The van der Waals surface area contributed by atoms with Gasteiger partial charge in [-0.3, -0.25) is 4.79 Å². The molecule has 0 fully saturated rings. The van der Waals surface area contributed by atoms with Crippen molar-refractivity contribution in [1.29, 1.82) is 0 Å². The molecule has 1 aromatic heterocycles. The number of hydrogen-bond acceptors (Lipinski definition) is 4. The molecule has 108 valence electrons. The zero-order valence-electron chi connectivity index (χ0n) is 12.1. The van der Waals surface area contributed by atoms with E-state index < -0.39 is 0 Å². The van der Waals surface area contributed by atoms with E-state index in [0.29, 0.717) is 5.16 Å². The minimum atomic E-state index is -0.154. The summed E-state index contributed by atoms with van der Waals surface area (Å²) in [5, 5.41) is 3.53. The standard InChI is InChI=1S/C16H17N3OS/c1-10-9-11(2)18-16(17-10)21-14-8-7-12-5-3-4-6-13(12)19-15(14)20/h3-6,9,14H,7-8H2,1-2H3,(H,19,20)/t14-/m0/s1. The molecule has 4 nitrogen and oxygen atoms in total. The molecular formula is C16H17N3OS. The van der Waals surface area contributed by atoms with Gasteiger partial charge in [0.25, 0.3) is 0 Å². The second kappa shape index (κ2) is 5.85. The number of fused-ring (bicyclic) bond motifs is 1. The Morgan fingerprint density at radius 3 is 2.67 bits per heavy atom. The van der Waals surface area contributed by atoms with Gasteiger partial charge in [0.2, 0.25) is 5.91 Å². The molecule has 0 saturated carbocycles. The highest BCUT2D eigenvalue weighted by molar-refractivity contribution is 8.00. The molecule has 2 heterocycles. The van der Waals surface area contributed by atoms with Crippen LogP contribution in [0.1, 0.15) is 23.4 Å². The van der Waals surface area contributed by atoms with E-state index in [-0.39, 0.29) is 11.2 Å². The van der Waals surface area contributed by atoms with Gasteiger partial charge >= 0.3 is 0 Å². The summed E-state index contributed by atoms with van der Waals surface area (Å²) in [7, 11) is 0. The average Bonchev–Trinajstić information content (AvgIpc) is 2.58. The van der Waals surface area contributed by atoms with Crippen molar-refractivity contribution in [3.63, 3.8) is 0 Å². The molecule has 5 heteroatoms. The molecule has 2 aromatic rings. The number of rotatable bonds is 2. The lowest BCUT2D eigenvalue weighted by atomic mass is 10.1. The zero-order valence-corrected chi connectivity index (χ0v) is 12.9. The van der Waals surface area contributed by atoms with Crippen molar-refractivity contribution < 1.29 is 4.79 Å². The predicted molar refractivity (Wildman–Crippen MR) is 84.5 cm³/mol. The van der Waals surface area contributed by atoms with Gasteiger partial charge in [-0.1, -0.05) is 30.0 Å². The first-order chi connectivity index (χ1) is 10.1. The maximum atomic E-state index is 12.4. The number of anilines is 1.